The lowest BCUT2D eigenvalue weighted by atomic mass is 10.0. The summed E-state index contributed by atoms with van der Waals surface area (Å²) in [6.07, 6.45) is 18.8. The number of aliphatic hydroxyl groups is 1. The number of phosphoric ester groups is 1. The van der Waals surface area contributed by atoms with Crippen LogP contribution in [0.3, 0.4) is 0 Å². The summed E-state index contributed by atoms with van der Waals surface area (Å²) in [5.74, 6) is 0. The Balaban J connectivity index is 0. The zero-order valence-electron chi connectivity index (χ0n) is 24.3. The maximum Gasteiger partial charge on any atom is 0.319 e. The zero-order chi connectivity index (χ0) is 27.9. The van der Waals surface area contributed by atoms with Gasteiger partial charge in [-0.3, -0.25) is 4.57 Å². The Morgan fingerprint density at radius 3 is 1.58 bits per heavy atom. The summed E-state index contributed by atoms with van der Waals surface area (Å²) < 4.78 is 14.8. The predicted molar refractivity (Wildman–Crippen MR) is 147 cm³/mol. The van der Waals surface area contributed by atoms with E-state index in [9.17, 15) is 14.3 Å². The molecule has 0 fully saturated rings. The van der Waals surface area contributed by atoms with Crippen LogP contribution in [0.25, 0.3) is 0 Å². The van der Waals surface area contributed by atoms with Crippen LogP contribution in [0, 0.1) is 0 Å². The van der Waals surface area contributed by atoms with Crippen molar-refractivity contribution >= 4 is 13.9 Å². The number of rotatable bonds is 21. The van der Waals surface area contributed by atoms with Gasteiger partial charge in [0, 0.05) is 27.2 Å². The maximum atomic E-state index is 11.9. The van der Waals surface area contributed by atoms with Gasteiger partial charge in [0.1, 0.15) is 13.2 Å². The van der Waals surface area contributed by atoms with E-state index in [1.54, 1.807) is 23.9 Å². The summed E-state index contributed by atoms with van der Waals surface area (Å²) in [5, 5.41) is 9.07. The molecular weight excluding hydrogens is 481 g/mol. The van der Waals surface area contributed by atoms with Crippen molar-refractivity contribution in [2.75, 3.05) is 68.1 Å². The van der Waals surface area contributed by atoms with E-state index in [0.29, 0.717) is 17.6 Å². The number of amides is 2. The molecule has 0 aromatic heterocycles. The van der Waals surface area contributed by atoms with Gasteiger partial charge in [-0.2, -0.15) is 0 Å². The van der Waals surface area contributed by atoms with Crippen LogP contribution in [-0.2, 0) is 9.09 Å². The quantitative estimate of drug-likeness (QED) is 0.125. The second-order valence-electron chi connectivity index (χ2n) is 10.8. The first kappa shape index (κ1) is 37.5. The van der Waals surface area contributed by atoms with E-state index in [1.165, 1.54) is 83.5 Å². The monoisotopic (exact) mass is 539 g/mol. The molecule has 1 unspecified atom stereocenters. The molecule has 10 heteroatoms. The molecule has 2 amide bonds. The minimum absolute atomic E-state index is 0.00347. The van der Waals surface area contributed by atoms with Crippen molar-refractivity contribution in [2.45, 2.75) is 96.8 Å². The highest BCUT2D eigenvalue weighted by molar-refractivity contribution is 7.44. The molecule has 0 saturated heterocycles. The van der Waals surface area contributed by atoms with Crippen LogP contribution >= 0.6 is 7.82 Å². The van der Waals surface area contributed by atoms with Crippen molar-refractivity contribution in [3.63, 3.8) is 0 Å². The number of phosphoric acid groups is 1. The summed E-state index contributed by atoms with van der Waals surface area (Å²) >= 11 is 0. The summed E-state index contributed by atoms with van der Waals surface area (Å²) in [5.41, 5.74) is 0. The van der Waals surface area contributed by atoms with Crippen LogP contribution in [0.15, 0.2) is 0 Å². The first-order valence-corrected chi connectivity index (χ1v) is 15.4. The third kappa shape index (κ3) is 29.5. The lowest BCUT2D eigenvalue weighted by Gasteiger charge is -2.25. The molecule has 9 nitrogen and oxygen atoms in total. The van der Waals surface area contributed by atoms with Crippen molar-refractivity contribution in [1.82, 2.24) is 9.80 Å². The number of nitrogens with zero attached hydrogens (tertiary/aromatic N) is 3. The van der Waals surface area contributed by atoms with Gasteiger partial charge in [-0.15, -0.1) is 0 Å². The number of hydrogen-bond donors (Lipinski definition) is 2. The summed E-state index contributed by atoms with van der Waals surface area (Å²) in [6, 6.07) is 0.00347. The molecule has 0 rings (SSSR count). The van der Waals surface area contributed by atoms with Gasteiger partial charge >= 0.3 is 6.03 Å². The Labute approximate surface area is 222 Å². The van der Waals surface area contributed by atoms with Crippen molar-refractivity contribution in [3.8, 4) is 0 Å². The smallest absolute Gasteiger partial charge is 0.319 e. The highest BCUT2D eigenvalue weighted by atomic mass is 31.2. The van der Waals surface area contributed by atoms with E-state index in [1.807, 2.05) is 21.1 Å². The third-order valence-corrected chi connectivity index (χ3v) is 6.33. The molecule has 0 heterocycles. The number of unbranched alkanes of at least 4 members (excludes halogenated alkanes) is 13. The summed E-state index contributed by atoms with van der Waals surface area (Å²) in [6.45, 7) is 4.06. The molecule has 1 atom stereocenters. The van der Waals surface area contributed by atoms with Crippen LogP contribution in [-0.4, -0.2) is 98.4 Å². The van der Waals surface area contributed by atoms with Crippen molar-refractivity contribution in [3.05, 3.63) is 0 Å². The number of carbonyl (C=O) groups is 1. The number of aliphatic hydroxyl groups excluding tert-OH is 1. The average Bonchev–Trinajstić information content (AvgIpc) is 2.76. The van der Waals surface area contributed by atoms with Gasteiger partial charge in [-0.1, -0.05) is 90.4 Å². The number of quaternary nitrogens is 1. The molecular formula is C26H58N3O6P. The molecule has 218 valence electrons. The van der Waals surface area contributed by atoms with Gasteiger partial charge in [0.25, 0.3) is 7.82 Å². The van der Waals surface area contributed by atoms with E-state index in [-0.39, 0.29) is 19.2 Å². The van der Waals surface area contributed by atoms with Crippen LogP contribution in [0.4, 0.5) is 4.79 Å². The SMILES string of the molecule is CCCCCCCCCCCCCCCCN(CCO)C(=O)N(C)C.C[N+](C)(C)CCOP(=O)([O-])O. The van der Waals surface area contributed by atoms with Crippen LogP contribution < -0.4 is 4.89 Å². The first-order chi connectivity index (χ1) is 16.8. The molecule has 0 radical (unpaired) electrons. The minimum atomic E-state index is -4.51. The molecule has 0 saturated carbocycles. The number of likely N-dealkylation sites (N-methyl/N-ethyl adjacent to an activating group) is 1. The van der Waals surface area contributed by atoms with E-state index >= 15 is 0 Å². The molecule has 0 aromatic carbocycles. The van der Waals surface area contributed by atoms with Gasteiger partial charge in [0.15, 0.2) is 0 Å². The molecule has 0 aliphatic carbocycles. The fraction of sp³-hybridized carbons (Fsp3) is 0.962. The highest BCUT2D eigenvalue weighted by Gasteiger charge is 2.13. The summed E-state index contributed by atoms with van der Waals surface area (Å²) in [7, 11) is 4.71. The van der Waals surface area contributed by atoms with Crippen molar-refractivity contribution in [1.29, 1.82) is 0 Å². The van der Waals surface area contributed by atoms with Gasteiger partial charge < -0.3 is 33.7 Å². The lowest BCUT2D eigenvalue weighted by molar-refractivity contribution is -0.870. The Morgan fingerprint density at radius 1 is 0.833 bits per heavy atom. The topological polar surface area (TPSA) is 113 Å². The average molecular weight is 540 g/mol. The lowest BCUT2D eigenvalue weighted by Crippen LogP contribution is -2.41. The van der Waals surface area contributed by atoms with Crippen molar-refractivity contribution in [2.24, 2.45) is 0 Å². The Morgan fingerprint density at radius 2 is 1.25 bits per heavy atom. The molecule has 0 aliphatic rings. The van der Waals surface area contributed by atoms with Crippen molar-refractivity contribution < 1.29 is 33.3 Å². The number of carbonyl (C=O) groups excluding carboxylic acids is 1. The van der Waals surface area contributed by atoms with Crippen LogP contribution in [0.1, 0.15) is 96.8 Å². The van der Waals surface area contributed by atoms with E-state index in [4.69, 9.17) is 10.00 Å². The van der Waals surface area contributed by atoms with E-state index in [0.717, 1.165) is 13.0 Å². The second-order valence-corrected chi connectivity index (χ2v) is 12.0. The molecule has 0 spiro atoms. The molecule has 36 heavy (non-hydrogen) atoms. The normalized spacial score (nSPS) is 13.0. The predicted octanol–water partition coefficient (Wildman–Crippen LogP) is 4.61. The Kier molecular flexibility index (Phi) is 24.4. The minimum Gasteiger partial charge on any atom is -0.756 e. The standard InChI is InChI=1S/C21H44N2O2.C5H14NO4P/c1-4-5-6-7-8-9-10-11-12-13-14-15-16-17-18-23(19-20-24)21(25)22(2)3;1-6(2,3)4-5-10-11(7,8)9/h24H,4-20H2,1-3H3;4-5H2,1-3H3,(H-,7,8,9). The van der Waals surface area contributed by atoms with Gasteiger partial charge in [-0.25, -0.2) is 4.79 Å². The molecule has 0 bridgehead atoms. The molecule has 0 aliphatic heterocycles. The van der Waals surface area contributed by atoms with Crippen LogP contribution in [0.2, 0.25) is 0 Å². The van der Waals surface area contributed by atoms with Gasteiger partial charge in [0.2, 0.25) is 0 Å². The fourth-order valence-electron chi connectivity index (χ4n) is 3.63. The maximum absolute atomic E-state index is 11.9. The van der Waals surface area contributed by atoms with Gasteiger partial charge in [-0.05, 0) is 6.42 Å². The third-order valence-electron chi connectivity index (χ3n) is 5.82. The highest BCUT2D eigenvalue weighted by Crippen LogP contribution is 2.29. The Bertz CT molecular complexity index is 552. The molecule has 0 aromatic rings. The van der Waals surface area contributed by atoms with Crippen LogP contribution in [0.5, 0.6) is 0 Å². The van der Waals surface area contributed by atoms with E-state index < -0.39 is 7.82 Å². The summed E-state index contributed by atoms with van der Waals surface area (Å²) in [4.78, 5) is 33.5. The zero-order valence-corrected chi connectivity index (χ0v) is 25.1. The number of urea groups is 1. The van der Waals surface area contributed by atoms with E-state index in [2.05, 4.69) is 11.4 Å². The van der Waals surface area contributed by atoms with Gasteiger partial charge in [0.05, 0.1) is 27.7 Å². The Hall–Kier alpha value is -0.700. The molecule has 2 N–H and O–H groups in total. The largest absolute Gasteiger partial charge is 0.756 e. The second kappa shape index (κ2) is 23.4. The number of hydrogen-bond acceptors (Lipinski definition) is 5. The first-order valence-electron chi connectivity index (χ1n) is 13.9. The fourth-order valence-corrected chi connectivity index (χ4v) is 3.95.